The van der Waals surface area contributed by atoms with Crippen LogP contribution in [0.1, 0.15) is 50.2 Å². The van der Waals surface area contributed by atoms with E-state index in [1.165, 1.54) is 25.2 Å². The number of piperidine rings is 1. The lowest BCUT2D eigenvalue weighted by atomic mass is 9.93. The van der Waals surface area contributed by atoms with Crippen LogP contribution in [0.4, 0.5) is 17.3 Å². The number of carbonyl (C=O) groups excluding carboxylic acids is 1. The average Bonchev–Trinajstić information content (AvgIpc) is 2.73. The molecular formula is C22H30N6O2. The lowest BCUT2D eigenvalue weighted by molar-refractivity contribution is -0.117. The molecule has 1 fully saturated rings. The number of nitrogen functional groups attached to an aromatic ring is 1. The monoisotopic (exact) mass is 410 g/mol. The van der Waals surface area contributed by atoms with Crippen LogP contribution in [-0.2, 0) is 9.63 Å². The maximum absolute atomic E-state index is 12.5. The zero-order chi connectivity index (χ0) is 21.5. The lowest BCUT2D eigenvalue weighted by Crippen LogP contribution is -2.36. The van der Waals surface area contributed by atoms with Crippen LogP contribution >= 0.6 is 0 Å². The summed E-state index contributed by atoms with van der Waals surface area (Å²) in [6, 6.07) is 8.07. The fourth-order valence-corrected chi connectivity index (χ4v) is 3.66. The van der Waals surface area contributed by atoms with Crippen LogP contribution in [0.2, 0.25) is 0 Å². The number of rotatable bonds is 7. The molecule has 0 radical (unpaired) electrons. The SMILES string of the molecule is CON=Cc1c(N)ncnc1N1CCC(CC(=O)Nc2ccc(C(C)C)cc2)CC1. The normalized spacial score (nSPS) is 15.0. The van der Waals surface area contributed by atoms with Gasteiger partial charge in [-0.15, -0.1) is 0 Å². The number of hydrogen-bond acceptors (Lipinski definition) is 7. The molecule has 2 heterocycles. The number of nitrogens with one attached hydrogen (secondary N) is 1. The van der Waals surface area contributed by atoms with Crippen molar-refractivity contribution in [3.63, 3.8) is 0 Å². The summed E-state index contributed by atoms with van der Waals surface area (Å²) >= 11 is 0. The van der Waals surface area contributed by atoms with Gasteiger partial charge in [-0.05, 0) is 42.4 Å². The van der Waals surface area contributed by atoms with Gasteiger partial charge < -0.3 is 20.8 Å². The standard InChI is InChI=1S/C22H30N6O2/c1-15(2)17-4-6-18(7-5-17)27-20(29)12-16-8-10-28(11-9-16)22-19(13-26-30-3)21(23)24-14-25-22/h4-7,13-16H,8-12H2,1-3H3,(H,27,29)(H2,23,24,25). The number of carbonyl (C=O) groups is 1. The molecule has 0 spiro atoms. The van der Waals surface area contributed by atoms with Gasteiger partial charge in [0.1, 0.15) is 25.1 Å². The predicted molar refractivity (Wildman–Crippen MR) is 120 cm³/mol. The number of benzene rings is 1. The zero-order valence-corrected chi connectivity index (χ0v) is 17.8. The summed E-state index contributed by atoms with van der Waals surface area (Å²) in [5.74, 6) is 1.99. The molecule has 1 aliphatic heterocycles. The highest BCUT2D eigenvalue weighted by atomic mass is 16.6. The molecule has 160 valence electrons. The predicted octanol–water partition coefficient (Wildman–Crippen LogP) is 3.41. The van der Waals surface area contributed by atoms with Gasteiger partial charge >= 0.3 is 0 Å². The highest BCUT2D eigenvalue weighted by Gasteiger charge is 2.24. The minimum atomic E-state index is 0.0601. The molecular weight excluding hydrogens is 380 g/mol. The van der Waals surface area contributed by atoms with E-state index in [4.69, 9.17) is 10.6 Å². The van der Waals surface area contributed by atoms with Gasteiger partial charge in [0, 0.05) is 25.2 Å². The highest BCUT2D eigenvalue weighted by Crippen LogP contribution is 2.27. The van der Waals surface area contributed by atoms with Gasteiger partial charge in [0.25, 0.3) is 0 Å². The second-order valence-electron chi connectivity index (χ2n) is 7.87. The van der Waals surface area contributed by atoms with E-state index in [9.17, 15) is 4.79 Å². The van der Waals surface area contributed by atoms with Crippen molar-refractivity contribution in [2.75, 3.05) is 36.1 Å². The van der Waals surface area contributed by atoms with Crippen molar-refractivity contribution in [1.29, 1.82) is 0 Å². The molecule has 0 saturated carbocycles. The van der Waals surface area contributed by atoms with E-state index in [2.05, 4.69) is 51.3 Å². The Hall–Kier alpha value is -3.16. The lowest BCUT2D eigenvalue weighted by Gasteiger charge is -2.33. The Labute approximate surface area is 177 Å². The molecule has 30 heavy (non-hydrogen) atoms. The number of hydrogen-bond donors (Lipinski definition) is 2. The van der Waals surface area contributed by atoms with Gasteiger partial charge in [-0.25, -0.2) is 9.97 Å². The zero-order valence-electron chi connectivity index (χ0n) is 17.8. The van der Waals surface area contributed by atoms with E-state index in [-0.39, 0.29) is 5.91 Å². The Morgan fingerprint density at radius 3 is 2.63 bits per heavy atom. The van der Waals surface area contributed by atoms with Gasteiger partial charge in [0.15, 0.2) is 0 Å². The number of nitrogens with zero attached hydrogens (tertiary/aromatic N) is 4. The smallest absolute Gasteiger partial charge is 0.224 e. The Morgan fingerprint density at radius 2 is 2.00 bits per heavy atom. The molecule has 0 unspecified atom stereocenters. The molecule has 0 atom stereocenters. The van der Waals surface area contributed by atoms with Crippen molar-refractivity contribution in [3.05, 3.63) is 41.7 Å². The molecule has 8 heteroatoms. The van der Waals surface area contributed by atoms with Gasteiger partial charge in [0.2, 0.25) is 5.91 Å². The number of aromatic nitrogens is 2. The maximum atomic E-state index is 12.5. The fourth-order valence-electron chi connectivity index (χ4n) is 3.66. The van der Waals surface area contributed by atoms with E-state index >= 15 is 0 Å². The molecule has 0 aliphatic carbocycles. The minimum Gasteiger partial charge on any atom is -0.399 e. The summed E-state index contributed by atoms with van der Waals surface area (Å²) in [4.78, 5) is 27.8. The first-order chi connectivity index (χ1) is 14.5. The third-order valence-electron chi connectivity index (χ3n) is 5.43. The van der Waals surface area contributed by atoms with E-state index in [0.717, 1.165) is 37.4 Å². The largest absolute Gasteiger partial charge is 0.399 e. The Morgan fingerprint density at radius 1 is 1.30 bits per heavy atom. The van der Waals surface area contributed by atoms with Crippen LogP contribution in [0.5, 0.6) is 0 Å². The molecule has 1 aliphatic rings. The quantitative estimate of drug-likeness (QED) is 0.535. The van der Waals surface area contributed by atoms with Crippen LogP contribution in [0.15, 0.2) is 35.7 Å². The number of amides is 1. The third kappa shape index (κ3) is 5.46. The fraction of sp³-hybridized carbons (Fsp3) is 0.455. The van der Waals surface area contributed by atoms with Gasteiger partial charge in [-0.2, -0.15) is 0 Å². The summed E-state index contributed by atoms with van der Waals surface area (Å²) in [5.41, 5.74) is 8.75. The molecule has 1 amide bonds. The van der Waals surface area contributed by atoms with Crippen LogP contribution < -0.4 is 16.0 Å². The van der Waals surface area contributed by atoms with E-state index in [0.29, 0.717) is 29.6 Å². The van der Waals surface area contributed by atoms with E-state index in [1.807, 2.05) is 12.1 Å². The first-order valence-corrected chi connectivity index (χ1v) is 10.3. The van der Waals surface area contributed by atoms with Gasteiger partial charge in [-0.3, -0.25) is 4.79 Å². The Bertz CT molecular complexity index is 874. The van der Waals surface area contributed by atoms with Gasteiger partial charge in [-0.1, -0.05) is 31.1 Å². The molecule has 2 aromatic rings. The second kappa shape index (κ2) is 10.0. The van der Waals surface area contributed by atoms with E-state index < -0.39 is 0 Å². The number of oxime groups is 1. The second-order valence-corrected chi connectivity index (χ2v) is 7.87. The molecule has 1 aromatic carbocycles. The Kier molecular flexibility index (Phi) is 7.21. The molecule has 1 saturated heterocycles. The van der Waals surface area contributed by atoms with Crippen LogP contribution in [-0.4, -0.2) is 42.3 Å². The topological polar surface area (TPSA) is 106 Å². The molecule has 3 N–H and O–H groups in total. The highest BCUT2D eigenvalue weighted by molar-refractivity contribution is 5.92. The summed E-state index contributed by atoms with van der Waals surface area (Å²) < 4.78 is 0. The molecule has 0 bridgehead atoms. The van der Waals surface area contributed by atoms with Crippen molar-refractivity contribution in [2.24, 2.45) is 11.1 Å². The number of nitrogens with two attached hydrogens (primary N) is 1. The summed E-state index contributed by atoms with van der Waals surface area (Å²) in [6.45, 7) is 5.91. The van der Waals surface area contributed by atoms with Crippen molar-refractivity contribution in [3.8, 4) is 0 Å². The van der Waals surface area contributed by atoms with Crippen molar-refractivity contribution in [1.82, 2.24) is 9.97 Å². The van der Waals surface area contributed by atoms with Crippen molar-refractivity contribution in [2.45, 2.75) is 39.0 Å². The Balaban J connectivity index is 1.54. The summed E-state index contributed by atoms with van der Waals surface area (Å²) in [7, 11) is 1.48. The maximum Gasteiger partial charge on any atom is 0.224 e. The molecule has 8 nitrogen and oxygen atoms in total. The summed E-state index contributed by atoms with van der Waals surface area (Å²) in [5, 5.41) is 6.82. The van der Waals surface area contributed by atoms with Gasteiger partial charge in [0.05, 0.1) is 11.8 Å². The number of anilines is 3. The first kappa shape index (κ1) is 21.5. The van der Waals surface area contributed by atoms with Crippen molar-refractivity contribution >= 4 is 29.4 Å². The van der Waals surface area contributed by atoms with Crippen LogP contribution in [0.3, 0.4) is 0 Å². The molecule has 3 rings (SSSR count). The molecule has 1 aromatic heterocycles. The van der Waals surface area contributed by atoms with Crippen LogP contribution in [0, 0.1) is 5.92 Å². The minimum absolute atomic E-state index is 0.0601. The summed E-state index contributed by atoms with van der Waals surface area (Å²) in [6.07, 6.45) is 5.33. The first-order valence-electron chi connectivity index (χ1n) is 10.3. The average molecular weight is 411 g/mol. The van der Waals surface area contributed by atoms with Crippen molar-refractivity contribution < 1.29 is 9.63 Å². The van der Waals surface area contributed by atoms with Crippen LogP contribution in [0.25, 0.3) is 0 Å². The van der Waals surface area contributed by atoms with E-state index in [1.54, 1.807) is 0 Å². The third-order valence-corrected chi connectivity index (χ3v) is 5.43.